The number of ether oxygens (including phenoxy) is 1. The number of pyridine rings is 1. The van der Waals surface area contributed by atoms with E-state index in [0.29, 0.717) is 5.75 Å². The normalized spacial score (nSPS) is 9.54. The fourth-order valence-corrected chi connectivity index (χ4v) is 2.37. The van der Waals surface area contributed by atoms with Crippen molar-refractivity contribution in [2.24, 2.45) is 0 Å². The minimum absolute atomic E-state index is 0.682. The van der Waals surface area contributed by atoms with Crippen molar-refractivity contribution in [1.29, 1.82) is 0 Å². The Bertz CT molecular complexity index is 902. The predicted octanol–water partition coefficient (Wildman–Crippen LogP) is 6.47. The fourth-order valence-electron chi connectivity index (χ4n) is 2.37. The molecular formula is C22H25N3O. The summed E-state index contributed by atoms with van der Waals surface area (Å²) in [4.78, 5) is 4.49. The molecule has 0 atom stereocenters. The van der Waals surface area contributed by atoms with E-state index in [4.69, 9.17) is 4.74 Å². The Morgan fingerprint density at radius 1 is 0.769 bits per heavy atom. The zero-order valence-electron chi connectivity index (χ0n) is 15.7. The molecule has 0 aliphatic carbocycles. The highest BCUT2D eigenvalue weighted by Crippen LogP contribution is 2.28. The number of aromatic amines is 1. The summed E-state index contributed by atoms with van der Waals surface area (Å²) in [5.74, 6) is 1.47. The molecule has 2 aromatic carbocycles. The Hall–Kier alpha value is -3.14. The van der Waals surface area contributed by atoms with Gasteiger partial charge in [-0.15, -0.1) is 0 Å². The van der Waals surface area contributed by atoms with E-state index >= 15 is 0 Å². The van der Waals surface area contributed by atoms with Gasteiger partial charge >= 0.3 is 0 Å². The number of hydrogen-bond donors (Lipinski definition) is 1. The summed E-state index contributed by atoms with van der Waals surface area (Å²) in [5.41, 5.74) is 3.58. The smallest absolute Gasteiger partial charge is 0.147 e. The summed E-state index contributed by atoms with van der Waals surface area (Å²) in [6.45, 7) is 8.00. The number of aromatic nitrogens is 3. The van der Waals surface area contributed by atoms with Gasteiger partial charge in [-0.25, -0.2) is 4.98 Å². The standard InChI is InChI=1S/C18H13N3O.2C2H6/c1-3-7-13(8-4-1)17-18-16(20-21-17)11-15(12-19-18)22-14-9-5-2-6-10-14;2*1-2/h1-12H,(H,20,21);2*1-2H3. The molecule has 134 valence electrons. The average molecular weight is 347 g/mol. The molecule has 4 rings (SSSR count). The van der Waals surface area contributed by atoms with Crippen LogP contribution in [0, 0.1) is 0 Å². The molecule has 0 aliphatic heterocycles. The molecule has 4 nitrogen and oxygen atoms in total. The number of nitrogens with zero attached hydrogens (tertiary/aromatic N) is 2. The van der Waals surface area contributed by atoms with Gasteiger partial charge in [0.2, 0.25) is 0 Å². The maximum atomic E-state index is 5.79. The summed E-state index contributed by atoms with van der Waals surface area (Å²) in [7, 11) is 0. The predicted molar refractivity (Wildman–Crippen MR) is 109 cm³/mol. The van der Waals surface area contributed by atoms with Crippen LogP contribution in [-0.2, 0) is 0 Å². The number of hydrogen-bond acceptors (Lipinski definition) is 3. The highest BCUT2D eigenvalue weighted by atomic mass is 16.5. The van der Waals surface area contributed by atoms with E-state index in [-0.39, 0.29) is 0 Å². The molecule has 2 aromatic heterocycles. The maximum absolute atomic E-state index is 5.79. The topological polar surface area (TPSA) is 50.8 Å². The Balaban J connectivity index is 0.000000570. The summed E-state index contributed by atoms with van der Waals surface area (Å²) in [5, 5.41) is 7.39. The molecule has 4 heteroatoms. The molecule has 0 aliphatic rings. The molecule has 0 bridgehead atoms. The first kappa shape index (κ1) is 19.2. The van der Waals surface area contributed by atoms with E-state index in [9.17, 15) is 0 Å². The van der Waals surface area contributed by atoms with Gasteiger partial charge < -0.3 is 4.74 Å². The molecule has 26 heavy (non-hydrogen) atoms. The van der Waals surface area contributed by atoms with Crippen LogP contribution in [0.3, 0.4) is 0 Å². The Morgan fingerprint density at radius 2 is 1.38 bits per heavy atom. The van der Waals surface area contributed by atoms with Crippen LogP contribution in [0.4, 0.5) is 0 Å². The molecule has 4 aromatic rings. The Morgan fingerprint density at radius 3 is 2.04 bits per heavy atom. The molecule has 0 unspecified atom stereocenters. The number of H-pyrrole nitrogens is 1. The van der Waals surface area contributed by atoms with Crippen molar-refractivity contribution in [3.05, 3.63) is 72.9 Å². The quantitative estimate of drug-likeness (QED) is 0.462. The lowest BCUT2D eigenvalue weighted by molar-refractivity contribution is 0.481. The Kier molecular flexibility index (Phi) is 7.37. The van der Waals surface area contributed by atoms with Crippen LogP contribution >= 0.6 is 0 Å². The average Bonchev–Trinajstić information content (AvgIpc) is 3.16. The van der Waals surface area contributed by atoms with Gasteiger partial charge in [0.15, 0.2) is 0 Å². The first-order valence-electron chi connectivity index (χ1n) is 9.02. The second-order valence-electron chi connectivity index (χ2n) is 4.92. The molecular weight excluding hydrogens is 322 g/mol. The summed E-state index contributed by atoms with van der Waals surface area (Å²) < 4.78 is 5.79. The van der Waals surface area contributed by atoms with Gasteiger partial charge in [-0.3, -0.25) is 5.10 Å². The third-order valence-electron chi connectivity index (χ3n) is 3.40. The third kappa shape index (κ3) is 4.48. The van der Waals surface area contributed by atoms with Crippen molar-refractivity contribution >= 4 is 11.0 Å². The number of nitrogens with one attached hydrogen (secondary N) is 1. The van der Waals surface area contributed by atoms with Gasteiger partial charge in [0.25, 0.3) is 0 Å². The van der Waals surface area contributed by atoms with E-state index in [1.807, 2.05) is 94.4 Å². The van der Waals surface area contributed by atoms with Crippen molar-refractivity contribution in [2.45, 2.75) is 27.7 Å². The summed E-state index contributed by atoms with van der Waals surface area (Å²) >= 11 is 0. The molecule has 0 fully saturated rings. The minimum atomic E-state index is 0.682. The van der Waals surface area contributed by atoms with Crippen LogP contribution in [0.5, 0.6) is 11.5 Å². The Labute approximate surface area is 154 Å². The largest absolute Gasteiger partial charge is 0.456 e. The van der Waals surface area contributed by atoms with Crippen molar-refractivity contribution in [2.75, 3.05) is 0 Å². The number of rotatable bonds is 3. The van der Waals surface area contributed by atoms with Gasteiger partial charge in [0, 0.05) is 11.6 Å². The van der Waals surface area contributed by atoms with Crippen LogP contribution in [0.25, 0.3) is 22.3 Å². The molecule has 1 N–H and O–H groups in total. The zero-order valence-corrected chi connectivity index (χ0v) is 15.7. The van der Waals surface area contributed by atoms with Gasteiger partial charge in [-0.2, -0.15) is 5.10 Å². The molecule has 2 heterocycles. The van der Waals surface area contributed by atoms with E-state index in [0.717, 1.165) is 28.0 Å². The molecule has 0 saturated carbocycles. The second-order valence-corrected chi connectivity index (χ2v) is 4.92. The summed E-state index contributed by atoms with van der Waals surface area (Å²) in [6.07, 6.45) is 1.72. The van der Waals surface area contributed by atoms with Gasteiger partial charge in [-0.05, 0) is 12.1 Å². The van der Waals surface area contributed by atoms with Crippen molar-refractivity contribution in [3.8, 4) is 22.8 Å². The highest BCUT2D eigenvalue weighted by Gasteiger charge is 2.10. The van der Waals surface area contributed by atoms with Crippen molar-refractivity contribution in [1.82, 2.24) is 15.2 Å². The van der Waals surface area contributed by atoms with E-state index in [1.165, 1.54) is 0 Å². The van der Waals surface area contributed by atoms with E-state index in [2.05, 4.69) is 15.2 Å². The van der Waals surface area contributed by atoms with Crippen LogP contribution in [-0.4, -0.2) is 15.2 Å². The monoisotopic (exact) mass is 347 g/mol. The third-order valence-corrected chi connectivity index (χ3v) is 3.40. The van der Waals surface area contributed by atoms with Crippen LogP contribution < -0.4 is 4.74 Å². The zero-order chi connectivity index (χ0) is 18.8. The number of para-hydroxylation sites is 1. The van der Waals surface area contributed by atoms with Gasteiger partial charge in [-0.1, -0.05) is 76.2 Å². The maximum Gasteiger partial charge on any atom is 0.147 e. The van der Waals surface area contributed by atoms with Crippen molar-refractivity contribution < 1.29 is 4.74 Å². The molecule has 0 saturated heterocycles. The van der Waals surface area contributed by atoms with Gasteiger partial charge in [0.1, 0.15) is 22.7 Å². The first-order chi connectivity index (χ1) is 12.9. The number of fused-ring (bicyclic) bond motifs is 1. The lowest BCUT2D eigenvalue weighted by Gasteiger charge is -2.04. The van der Waals surface area contributed by atoms with Crippen molar-refractivity contribution in [3.63, 3.8) is 0 Å². The fraction of sp³-hybridized carbons (Fsp3) is 0.182. The lowest BCUT2D eigenvalue weighted by atomic mass is 10.1. The molecule has 0 radical (unpaired) electrons. The number of benzene rings is 2. The second kappa shape index (κ2) is 9.99. The highest BCUT2D eigenvalue weighted by molar-refractivity contribution is 5.89. The summed E-state index contributed by atoms with van der Waals surface area (Å²) in [6, 6.07) is 21.6. The van der Waals surface area contributed by atoms with Crippen LogP contribution in [0.15, 0.2) is 72.9 Å². The first-order valence-corrected chi connectivity index (χ1v) is 9.02. The van der Waals surface area contributed by atoms with Gasteiger partial charge in [0.05, 0.1) is 11.7 Å². The molecule has 0 spiro atoms. The van der Waals surface area contributed by atoms with E-state index in [1.54, 1.807) is 6.20 Å². The lowest BCUT2D eigenvalue weighted by Crippen LogP contribution is -1.86. The van der Waals surface area contributed by atoms with Crippen LogP contribution in [0.2, 0.25) is 0 Å². The SMILES string of the molecule is CC.CC.c1ccc(Oc2cnc3c(-c4ccccc4)n[nH]c3c2)cc1. The molecule has 0 amide bonds. The van der Waals surface area contributed by atoms with Crippen LogP contribution in [0.1, 0.15) is 27.7 Å². The van der Waals surface area contributed by atoms with E-state index < -0.39 is 0 Å². The minimum Gasteiger partial charge on any atom is -0.456 e.